The molecule has 5 nitrogen and oxygen atoms in total. The van der Waals surface area contributed by atoms with Crippen molar-refractivity contribution in [1.82, 2.24) is 9.88 Å². The molecule has 0 bridgehead atoms. The lowest BCUT2D eigenvalue weighted by Gasteiger charge is -2.27. The number of nitrogens with one attached hydrogen (secondary N) is 1. The first-order chi connectivity index (χ1) is 12.2. The summed E-state index contributed by atoms with van der Waals surface area (Å²) in [6, 6.07) is 11.9. The minimum atomic E-state index is -0.293. The number of furan rings is 1. The second-order valence-electron chi connectivity index (χ2n) is 5.93. The molecule has 1 aromatic carbocycles. The van der Waals surface area contributed by atoms with Gasteiger partial charge in [-0.25, -0.2) is 4.98 Å². The van der Waals surface area contributed by atoms with Gasteiger partial charge in [0.05, 0.1) is 5.69 Å². The van der Waals surface area contributed by atoms with E-state index in [0.717, 1.165) is 31.7 Å². The Morgan fingerprint density at radius 3 is 2.85 bits per heavy atom. The van der Waals surface area contributed by atoms with Crippen LogP contribution in [-0.4, -0.2) is 22.3 Å². The summed E-state index contributed by atoms with van der Waals surface area (Å²) in [4.78, 5) is 19.0. The van der Waals surface area contributed by atoms with Gasteiger partial charge in [0.2, 0.25) is 0 Å². The molecular formula is C18H17BrClN3O2S. The normalized spacial score (nSPS) is 13.7. The standard InChI is InChI=1S/C18H16BrN3O2S.ClH/c19-16-6-5-15(24-16)17(23)21-18-20-14(11-25-18)10-22-8-7-12-3-1-2-4-13(12)9-22;/h1-6,11H,7-10H2,(H,20,21,23);1H. The summed E-state index contributed by atoms with van der Waals surface area (Å²) in [6.07, 6.45) is 1.07. The number of carbonyl (C=O) groups is 1. The van der Waals surface area contributed by atoms with E-state index in [9.17, 15) is 4.79 Å². The monoisotopic (exact) mass is 453 g/mol. The lowest BCUT2D eigenvalue weighted by Crippen LogP contribution is -2.30. The van der Waals surface area contributed by atoms with E-state index < -0.39 is 0 Å². The summed E-state index contributed by atoms with van der Waals surface area (Å²) in [7, 11) is 0. The minimum absolute atomic E-state index is 0. The molecule has 8 heteroatoms. The molecule has 136 valence electrons. The number of carbonyl (C=O) groups excluding carboxylic acids is 1. The highest BCUT2D eigenvalue weighted by atomic mass is 79.9. The van der Waals surface area contributed by atoms with Gasteiger partial charge in [0, 0.05) is 25.0 Å². The van der Waals surface area contributed by atoms with Crippen LogP contribution < -0.4 is 5.32 Å². The third-order valence-corrected chi connectivity index (χ3v) is 5.40. The Morgan fingerprint density at radius 2 is 2.08 bits per heavy atom. The Kier molecular flexibility index (Phi) is 6.13. The Bertz CT molecular complexity index is 911. The maximum absolute atomic E-state index is 12.1. The first-order valence-corrected chi connectivity index (χ1v) is 9.65. The third kappa shape index (κ3) is 4.35. The molecule has 0 saturated heterocycles. The van der Waals surface area contributed by atoms with Crippen molar-refractivity contribution in [2.45, 2.75) is 19.5 Å². The van der Waals surface area contributed by atoms with E-state index in [0.29, 0.717) is 9.80 Å². The molecule has 1 aliphatic heterocycles. The second-order valence-corrected chi connectivity index (χ2v) is 7.57. The van der Waals surface area contributed by atoms with Crippen LogP contribution >= 0.6 is 39.7 Å². The number of benzene rings is 1. The smallest absolute Gasteiger partial charge is 0.293 e. The van der Waals surface area contributed by atoms with Gasteiger partial charge in [-0.1, -0.05) is 24.3 Å². The van der Waals surface area contributed by atoms with Crippen LogP contribution in [-0.2, 0) is 19.5 Å². The highest BCUT2D eigenvalue weighted by Gasteiger charge is 2.18. The Hall–Kier alpha value is -1.67. The first-order valence-electron chi connectivity index (χ1n) is 7.97. The molecule has 0 aliphatic carbocycles. The molecule has 1 amide bonds. The van der Waals surface area contributed by atoms with Crippen molar-refractivity contribution in [2.24, 2.45) is 0 Å². The zero-order valence-electron chi connectivity index (χ0n) is 13.8. The number of halogens is 2. The van der Waals surface area contributed by atoms with Crippen LogP contribution in [0.4, 0.5) is 5.13 Å². The number of amides is 1. The van der Waals surface area contributed by atoms with Crippen LogP contribution in [0.25, 0.3) is 0 Å². The van der Waals surface area contributed by atoms with E-state index in [1.807, 2.05) is 5.38 Å². The molecule has 1 N–H and O–H groups in total. The molecule has 3 aromatic rings. The fourth-order valence-electron chi connectivity index (χ4n) is 2.95. The average Bonchev–Trinajstić information content (AvgIpc) is 3.24. The van der Waals surface area contributed by atoms with Crippen molar-refractivity contribution in [3.63, 3.8) is 0 Å². The van der Waals surface area contributed by atoms with Gasteiger partial charge >= 0.3 is 0 Å². The van der Waals surface area contributed by atoms with E-state index in [4.69, 9.17) is 4.42 Å². The molecule has 2 aromatic heterocycles. The summed E-state index contributed by atoms with van der Waals surface area (Å²) >= 11 is 4.62. The second kappa shape index (κ2) is 8.35. The number of aromatic nitrogens is 1. The lowest BCUT2D eigenvalue weighted by molar-refractivity contribution is 0.0995. The molecule has 4 rings (SSSR count). The number of hydrogen-bond acceptors (Lipinski definition) is 5. The fraction of sp³-hybridized carbons (Fsp3) is 0.222. The van der Waals surface area contributed by atoms with Crippen molar-refractivity contribution >= 4 is 50.7 Å². The van der Waals surface area contributed by atoms with Crippen molar-refractivity contribution in [3.05, 3.63) is 69.0 Å². The third-order valence-electron chi connectivity index (χ3n) is 4.16. The number of thiazole rings is 1. The zero-order valence-corrected chi connectivity index (χ0v) is 17.0. The number of anilines is 1. The van der Waals surface area contributed by atoms with Gasteiger partial charge < -0.3 is 4.42 Å². The topological polar surface area (TPSA) is 58.4 Å². The van der Waals surface area contributed by atoms with Gasteiger partial charge in [-0.3, -0.25) is 15.0 Å². The van der Waals surface area contributed by atoms with Crippen LogP contribution in [0.2, 0.25) is 0 Å². The van der Waals surface area contributed by atoms with Crippen molar-refractivity contribution in [1.29, 1.82) is 0 Å². The molecule has 0 radical (unpaired) electrons. The maximum Gasteiger partial charge on any atom is 0.293 e. The van der Waals surface area contributed by atoms with Crippen LogP contribution in [0.1, 0.15) is 27.4 Å². The fourth-order valence-corrected chi connectivity index (χ4v) is 3.95. The SMILES string of the molecule is Cl.O=C(Nc1nc(CN2CCc3ccccc3C2)cs1)c1ccc(Br)o1. The maximum atomic E-state index is 12.1. The predicted octanol–water partition coefficient (Wildman–Crippen LogP) is 4.73. The molecule has 0 atom stereocenters. The molecule has 1 aliphatic rings. The quantitative estimate of drug-likeness (QED) is 0.619. The largest absolute Gasteiger partial charge is 0.444 e. The first kappa shape index (κ1) is 19.1. The number of fused-ring (bicyclic) bond motifs is 1. The van der Waals surface area contributed by atoms with Crippen LogP contribution in [0, 0.1) is 0 Å². The molecule has 26 heavy (non-hydrogen) atoms. The van der Waals surface area contributed by atoms with E-state index >= 15 is 0 Å². The average molecular weight is 455 g/mol. The molecular weight excluding hydrogens is 438 g/mol. The zero-order chi connectivity index (χ0) is 17.2. The van der Waals surface area contributed by atoms with Crippen molar-refractivity contribution in [2.75, 3.05) is 11.9 Å². The molecule has 0 spiro atoms. The Labute approximate surface area is 170 Å². The summed E-state index contributed by atoms with van der Waals surface area (Å²) in [6.45, 7) is 2.75. The molecule has 0 saturated carbocycles. The van der Waals surface area contributed by atoms with Gasteiger partial charge in [0.1, 0.15) is 0 Å². The number of rotatable bonds is 4. The van der Waals surface area contributed by atoms with Gasteiger partial charge in [-0.05, 0) is 45.6 Å². The van der Waals surface area contributed by atoms with Crippen molar-refractivity contribution < 1.29 is 9.21 Å². The van der Waals surface area contributed by atoms with E-state index in [-0.39, 0.29) is 24.1 Å². The Morgan fingerprint density at radius 1 is 1.27 bits per heavy atom. The lowest BCUT2D eigenvalue weighted by atomic mass is 10.00. The highest BCUT2D eigenvalue weighted by Crippen LogP contribution is 2.23. The summed E-state index contributed by atoms with van der Waals surface area (Å²) in [5, 5.41) is 5.36. The summed E-state index contributed by atoms with van der Waals surface area (Å²) in [5.74, 6) is -0.0326. The van der Waals surface area contributed by atoms with E-state index in [2.05, 4.69) is 55.4 Å². The van der Waals surface area contributed by atoms with Gasteiger partial charge in [0.15, 0.2) is 15.6 Å². The summed E-state index contributed by atoms with van der Waals surface area (Å²) in [5.41, 5.74) is 3.80. The van der Waals surface area contributed by atoms with E-state index in [1.165, 1.54) is 22.5 Å². The number of hydrogen-bond donors (Lipinski definition) is 1. The minimum Gasteiger partial charge on any atom is -0.444 e. The van der Waals surface area contributed by atoms with Crippen molar-refractivity contribution in [3.8, 4) is 0 Å². The summed E-state index contributed by atoms with van der Waals surface area (Å²) < 4.78 is 5.78. The van der Waals surface area contributed by atoms with Crippen LogP contribution in [0.15, 0.2) is 50.9 Å². The van der Waals surface area contributed by atoms with E-state index in [1.54, 1.807) is 12.1 Å². The predicted molar refractivity (Wildman–Crippen MR) is 108 cm³/mol. The van der Waals surface area contributed by atoms with Crippen LogP contribution in [0.3, 0.4) is 0 Å². The molecule has 0 unspecified atom stereocenters. The van der Waals surface area contributed by atoms with Gasteiger partial charge in [-0.15, -0.1) is 23.7 Å². The van der Waals surface area contributed by atoms with Gasteiger partial charge in [-0.2, -0.15) is 0 Å². The molecule has 0 fully saturated rings. The van der Waals surface area contributed by atoms with Gasteiger partial charge in [0.25, 0.3) is 5.91 Å². The molecule has 3 heterocycles. The highest BCUT2D eigenvalue weighted by molar-refractivity contribution is 9.10. The van der Waals surface area contributed by atoms with Crippen LogP contribution in [0.5, 0.6) is 0 Å². The Balaban J connectivity index is 0.00000196. The number of nitrogens with zero attached hydrogens (tertiary/aromatic N) is 2.